The number of piperidine rings is 1. The quantitative estimate of drug-likeness (QED) is 0.679. The molecule has 1 atom stereocenters. The summed E-state index contributed by atoms with van der Waals surface area (Å²) in [5, 5.41) is 9.37. The Labute approximate surface area is 143 Å². The smallest absolute Gasteiger partial charge is 0.233 e. The van der Waals surface area contributed by atoms with Crippen molar-refractivity contribution in [1.82, 2.24) is 19.7 Å². The molecular weight excluding hydrogens is 312 g/mol. The van der Waals surface area contributed by atoms with Crippen LogP contribution in [0.15, 0.2) is 5.16 Å². The highest BCUT2D eigenvalue weighted by molar-refractivity contribution is 7.99. The van der Waals surface area contributed by atoms with Gasteiger partial charge >= 0.3 is 0 Å². The Morgan fingerprint density at radius 2 is 2.26 bits per heavy atom. The summed E-state index contributed by atoms with van der Waals surface area (Å²) >= 11 is 1.49. The summed E-state index contributed by atoms with van der Waals surface area (Å²) in [6.07, 6.45) is 4.26. The minimum Gasteiger partial charge on any atom is -0.383 e. The molecule has 6 nitrogen and oxygen atoms in total. The number of nitrogens with zero attached hydrogens (tertiary/aromatic N) is 4. The molecule has 1 aliphatic rings. The van der Waals surface area contributed by atoms with E-state index < -0.39 is 0 Å². The van der Waals surface area contributed by atoms with E-state index >= 15 is 0 Å². The normalized spacial score (nSPS) is 18.4. The Hall–Kier alpha value is -1.08. The summed E-state index contributed by atoms with van der Waals surface area (Å²) in [6.45, 7) is 7.47. The number of hydrogen-bond donors (Lipinski definition) is 0. The summed E-state index contributed by atoms with van der Waals surface area (Å²) in [4.78, 5) is 14.4. The first kappa shape index (κ1) is 18.3. The average Bonchev–Trinajstić information content (AvgIpc) is 2.93. The van der Waals surface area contributed by atoms with E-state index in [-0.39, 0.29) is 5.91 Å². The molecule has 2 heterocycles. The summed E-state index contributed by atoms with van der Waals surface area (Å²) in [5.74, 6) is 2.23. The summed E-state index contributed by atoms with van der Waals surface area (Å²) in [5.41, 5.74) is 0. The predicted molar refractivity (Wildman–Crippen MR) is 91.6 cm³/mol. The summed E-state index contributed by atoms with van der Waals surface area (Å²) < 4.78 is 7.26. The van der Waals surface area contributed by atoms with Gasteiger partial charge in [-0.25, -0.2) is 0 Å². The maximum absolute atomic E-state index is 12.4. The zero-order chi connectivity index (χ0) is 16.7. The lowest BCUT2D eigenvalue weighted by molar-refractivity contribution is -0.130. The number of ether oxygens (including phenoxy) is 1. The van der Waals surface area contributed by atoms with Crippen LogP contribution in [0, 0.1) is 5.92 Å². The minimum absolute atomic E-state index is 0.208. The highest BCUT2D eigenvalue weighted by Gasteiger charge is 2.22. The van der Waals surface area contributed by atoms with Gasteiger partial charge in [-0.15, -0.1) is 10.2 Å². The maximum atomic E-state index is 12.4. The van der Waals surface area contributed by atoms with Gasteiger partial charge in [-0.05, 0) is 25.2 Å². The fraction of sp³-hybridized carbons (Fsp3) is 0.812. The first-order valence-electron chi connectivity index (χ1n) is 8.47. The Balaban J connectivity index is 1.94. The lowest BCUT2D eigenvalue weighted by atomic mass is 10.0. The molecule has 1 amide bonds. The molecule has 0 unspecified atom stereocenters. The molecule has 0 N–H and O–H groups in total. The molecule has 1 aromatic rings. The second-order valence-corrected chi connectivity index (χ2v) is 7.11. The van der Waals surface area contributed by atoms with Gasteiger partial charge in [0.05, 0.1) is 12.4 Å². The molecule has 1 saturated heterocycles. The first-order valence-corrected chi connectivity index (χ1v) is 9.45. The zero-order valence-corrected chi connectivity index (χ0v) is 15.3. The number of thioether (sulfide) groups is 1. The maximum Gasteiger partial charge on any atom is 0.233 e. The Morgan fingerprint density at radius 1 is 1.43 bits per heavy atom. The van der Waals surface area contributed by atoms with Crippen LogP contribution in [0.5, 0.6) is 0 Å². The summed E-state index contributed by atoms with van der Waals surface area (Å²) in [7, 11) is 1.69. The first-order chi connectivity index (χ1) is 11.2. The van der Waals surface area contributed by atoms with Crippen LogP contribution in [0.25, 0.3) is 0 Å². The Kier molecular flexibility index (Phi) is 7.36. The molecule has 0 aromatic carbocycles. The molecule has 0 spiro atoms. The number of methoxy groups -OCH3 is 1. The fourth-order valence-corrected chi connectivity index (χ4v) is 3.76. The topological polar surface area (TPSA) is 60.2 Å². The molecular formula is C16H28N4O2S. The number of aryl methyl sites for hydroxylation is 1. The highest BCUT2D eigenvalue weighted by Crippen LogP contribution is 2.21. The van der Waals surface area contributed by atoms with Crippen molar-refractivity contribution in [3.63, 3.8) is 0 Å². The fourth-order valence-electron chi connectivity index (χ4n) is 2.87. The zero-order valence-electron chi connectivity index (χ0n) is 14.5. The van der Waals surface area contributed by atoms with Crippen LogP contribution in [-0.4, -0.2) is 58.1 Å². The average molecular weight is 340 g/mol. The molecule has 1 fully saturated rings. The van der Waals surface area contributed by atoms with E-state index in [4.69, 9.17) is 4.74 Å². The van der Waals surface area contributed by atoms with Crippen molar-refractivity contribution < 1.29 is 9.53 Å². The van der Waals surface area contributed by atoms with Gasteiger partial charge in [-0.3, -0.25) is 4.79 Å². The van der Waals surface area contributed by atoms with E-state index in [0.29, 0.717) is 18.3 Å². The number of aromatic nitrogens is 3. The van der Waals surface area contributed by atoms with Crippen LogP contribution < -0.4 is 0 Å². The van der Waals surface area contributed by atoms with Gasteiger partial charge in [0.15, 0.2) is 5.16 Å². The molecule has 23 heavy (non-hydrogen) atoms. The lowest BCUT2D eigenvalue weighted by Gasteiger charge is -2.30. The third-order valence-corrected chi connectivity index (χ3v) is 5.07. The van der Waals surface area contributed by atoms with Crippen LogP contribution in [0.4, 0.5) is 0 Å². The van der Waals surface area contributed by atoms with Crippen molar-refractivity contribution in [2.45, 2.75) is 51.2 Å². The molecule has 0 saturated carbocycles. The van der Waals surface area contributed by atoms with E-state index in [9.17, 15) is 4.79 Å². The number of hydrogen-bond acceptors (Lipinski definition) is 5. The van der Waals surface area contributed by atoms with E-state index in [1.54, 1.807) is 7.11 Å². The van der Waals surface area contributed by atoms with Crippen molar-refractivity contribution in [2.75, 3.05) is 32.6 Å². The van der Waals surface area contributed by atoms with Gasteiger partial charge in [0.1, 0.15) is 5.82 Å². The molecule has 7 heteroatoms. The second-order valence-electron chi connectivity index (χ2n) is 6.17. The SMILES string of the molecule is CCCc1nnc(SCC(=O)N2CCC[C@H](C)C2)n1CCOC. The Morgan fingerprint density at radius 3 is 2.96 bits per heavy atom. The molecule has 1 aromatic heterocycles. The third-order valence-electron chi connectivity index (χ3n) is 4.12. The van der Waals surface area contributed by atoms with Gasteiger partial charge in [0.2, 0.25) is 5.91 Å². The van der Waals surface area contributed by atoms with E-state index in [1.165, 1.54) is 18.2 Å². The lowest BCUT2D eigenvalue weighted by Crippen LogP contribution is -2.40. The van der Waals surface area contributed by atoms with Crippen molar-refractivity contribution in [2.24, 2.45) is 5.92 Å². The van der Waals surface area contributed by atoms with E-state index in [2.05, 4.69) is 28.6 Å². The van der Waals surface area contributed by atoms with Gasteiger partial charge in [0.25, 0.3) is 0 Å². The number of rotatable bonds is 8. The molecule has 130 valence electrons. The molecule has 0 aliphatic carbocycles. The minimum atomic E-state index is 0.208. The van der Waals surface area contributed by atoms with E-state index in [1.807, 2.05) is 4.90 Å². The van der Waals surface area contributed by atoms with E-state index in [0.717, 1.165) is 49.9 Å². The third kappa shape index (κ3) is 5.21. The van der Waals surface area contributed by atoms with Crippen LogP contribution >= 0.6 is 11.8 Å². The van der Waals surface area contributed by atoms with Crippen molar-refractivity contribution in [3.05, 3.63) is 5.82 Å². The molecule has 0 radical (unpaired) electrons. The largest absolute Gasteiger partial charge is 0.383 e. The molecule has 2 rings (SSSR count). The summed E-state index contributed by atoms with van der Waals surface area (Å²) in [6, 6.07) is 0. The Bertz CT molecular complexity index is 506. The monoisotopic (exact) mass is 340 g/mol. The van der Waals surface area contributed by atoms with Crippen LogP contribution in [0.2, 0.25) is 0 Å². The number of carbonyl (C=O) groups is 1. The standard InChI is InChI=1S/C16H28N4O2S/c1-4-6-14-17-18-16(20(14)9-10-22-3)23-12-15(21)19-8-5-7-13(2)11-19/h13H,4-12H2,1-3H3/t13-/m0/s1. The van der Waals surface area contributed by atoms with Gasteiger partial charge in [-0.2, -0.15) is 0 Å². The molecule has 0 bridgehead atoms. The van der Waals surface area contributed by atoms with Crippen molar-refractivity contribution in [3.8, 4) is 0 Å². The van der Waals surface area contributed by atoms with Gasteiger partial charge in [0, 0.05) is 33.2 Å². The predicted octanol–water partition coefficient (Wildman–Crippen LogP) is 2.23. The van der Waals surface area contributed by atoms with Gasteiger partial charge in [-0.1, -0.05) is 25.6 Å². The highest BCUT2D eigenvalue weighted by atomic mass is 32.2. The van der Waals surface area contributed by atoms with Crippen LogP contribution in [-0.2, 0) is 22.5 Å². The van der Waals surface area contributed by atoms with Crippen LogP contribution in [0.3, 0.4) is 0 Å². The van der Waals surface area contributed by atoms with Crippen molar-refractivity contribution in [1.29, 1.82) is 0 Å². The van der Waals surface area contributed by atoms with Gasteiger partial charge < -0.3 is 14.2 Å². The number of carbonyl (C=O) groups excluding carboxylic acids is 1. The molecule has 1 aliphatic heterocycles. The van der Waals surface area contributed by atoms with Crippen molar-refractivity contribution >= 4 is 17.7 Å². The van der Waals surface area contributed by atoms with Crippen LogP contribution in [0.1, 0.15) is 38.9 Å². The second kappa shape index (κ2) is 9.27. The number of likely N-dealkylation sites (tertiary alicyclic amines) is 1. The number of amides is 1.